The molecular weight excluding hydrogens is 126 g/mol. The monoisotopic (exact) mass is 143 g/mol. The average molecular weight is 143 g/mol. The van der Waals surface area contributed by atoms with Gasteiger partial charge in [0.15, 0.2) is 0 Å². The van der Waals surface area contributed by atoms with Crippen LogP contribution in [-0.2, 0) is 0 Å². The van der Waals surface area contributed by atoms with Gasteiger partial charge in [0, 0.05) is 5.54 Å². The second-order valence-electron chi connectivity index (χ2n) is 3.76. The van der Waals surface area contributed by atoms with Crippen LogP contribution >= 0.6 is 0 Å². The maximum Gasteiger partial charge on any atom is 0.0720 e. The largest absolute Gasteiger partial charge is 0.287 e. The number of hydrogen-bond donors (Lipinski definition) is 2. The van der Waals surface area contributed by atoms with E-state index >= 15 is 0 Å². The van der Waals surface area contributed by atoms with Crippen LogP contribution in [0.4, 0.5) is 0 Å². The van der Waals surface area contributed by atoms with Gasteiger partial charge >= 0.3 is 0 Å². The molecule has 3 heteroatoms. The van der Waals surface area contributed by atoms with E-state index in [4.69, 9.17) is 0 Å². The molecule has 0 saturated carbocycles. The van der Waals surface area contributed by atoms with Crippen LogP contribution in [0.2, 0.25) is 0 Å². The van der Waals surface area contributed by atoms with Crippen LogP contribution in [0.25, 0.3) is 0 Å². The summed E-state index contributed by atoms with van der Waals surface area (Å²) in [5.41, 5.74) is 3.48. The van der Waals surface area contributed by atoms with Gasteiger partial charge in [-0.05, 0) is 27.7 Å². The number of rotatable bonds is 0. The molecule has 0 bridgehead atoms. The lowest BCUT2D eigenvalue weighted by Crippen LogP contribution is -2.50. The highest BCUT2D eigenvalue weighted by molar-refractivity contribution is 4.79. The molecule has 1 aliphatic heterocycles. The van der Waals surface area contributed by atoms with Crippen LogP contribution < -0.4 is 10.7 Å². The summed E-state index contributed by atoms with van der Waals surface area (Å²) in [4.78, 5) is 0. The Bertz CT molecular complexity index is 117. The van der Waals surface area contributed by atoms with E-state index in [9.17, 15) is 0 Å². The summed E-state index contributed by atoms with van der Waals surface area (Å²) in [5, 5.41) is 5.52. The van der Waals surface area contributed by atoms with Gasteiger partial charge in [-0.25, -0.2) is 10.4 Å². The van der Waals surface area contributed by atoms with Gasteiger partial charge in [0.1, 0.15) is 0 Å². The van der Waals surface area contributed by atoms with Crippen LogP contribution in [0.3, 0.4) is 0 Å². The molecule has 0 spiro atoms. The van der Waals surface area contributed by atoms with Crippen molar-refractivity contribution in [2.75, 3.05) is 6.67 Å². The number of hydrazine groups is 1. The highest BCUT2D eigenvalue weighted by atomic mass is 15.6. The number of nitrogens with one attached hydrogen (secondary N) is 2. The van der Waals surface area contributed by atoms with Crippen LogP contribution in [0, 0.1) is 0 Å². The third-order valence-corrected chi connectivity index (χ3v) is 1.76. The van der Waals surface area contributed by atoms with Crippen molar-refractivity contribution in [2.45, 2.75) is 39.4 Å². The van der Waals surface area contributed by atoms with E-state index in [1.807, 2.05) is 0 Å². The zero-order valence-electron chi connectivity index (χ0n) is 7.23. The highest BCUT2D eigenvalue weighted by Gasteiger charge is 2.29. The summed E-state index contributed by atoms with van der Waals surface area (Å²) < 4.78 is 0. The first-order chi connectivity index (χ1) is 4.52. The van der Waals surface area contributed by atoms with Gasteiger partial charge in [-0.1, -0.05) is 0 Å². The summed E-state index contributed by atoms with van der Waals surface area (Å²) in [5.74, 6) is 0. The summed E-state index contributed by atoms with van der Waals surface area (Å²) in [6.07, 6.45) is 0.444. The van der Waals surface area contributed by atoms with Crippen molar-refractivity contribution in [3.05, 3.63) is 0 Å². The van der Waals surface area contributed by atoms with Crippen LogP contribution in [0.15, 0.2) is 0 Å². The fourth-order valence-electron chi connectivity index (χ4n) is 1.32. The molecule has 60 valence electrons. The SMILES string of the molecule is CC1NCNN1C(C)(C)C. The van der Waals surface area contributed by atoms with Crippen LogP contribution in [0.5, 0.6) is 0 Å². The van der Waals surface area contributed by atoms with E-state index < -0.39 is 0 Å². The molecule has 2 N–H and O–H groups in total. The topological polar surface area (TPSA) is 27.3 Å². The lowest BCUT2D eigenvalue weighted by molar-refractivity contribution is 0.0725. The van der Waals surface area contributed by atoms with Crippen LogP contribution in [0.1, 0.15) is 27.7 Å². The third kappa shape index (κ3) is 1.48. The predicted octanol–water partition coefficient (Wildman–Crippen LogP) is 0.498. The lowest BCUT2D eigenvalue weighted by atomic mass is 10.1. The molecule has 3 nitrogen and oxygen atoms in total. The van der Waals surface area contributed by atoms with Crippen molar-refractivity contribution in [3.63, 3.8) is 0 Å². The Balaban J connectivity index is 2.55. The molecule has 1 unspecified atom stereocenters. The molecule has 0 aromatic rings. The first kappa shape index (κ1) is 7.98. The smallest absolute Gasteiger partial charge is 0.0720 e. The van der Waals surface area contributed by atoms with Crippen molar-refractivity contribution < 1.29 is 0 Å². The van der Waals surface area contributed by atoms with Crippen molar-refractivity contribution in [1.29, 1.82) is 0 Å². The minimum atomic E-state index is 0.211. The summed E-state index contributed by atoms with van der Waals surface area (Å²) in [7, 11) is 0. The van der Waals surface area contributed by atoms with Gasteiger partial charge in [-0.15, -0.1) is 0 Å². The highest BCUT2D eigenvalue weighted by Crippen LogP contribution is 2.14. The zero-order chi connectivity index (χ0) is 7.78. The molecule has 0 amide bonds. The second kappa shape index (κ2) is 2.49. The van der Waals surface area contributed by atoms with Gasteiger partial charge < -0.3 is 0 Å². The molecular formula is C7H17N3. The van der Waals surface area contributed by atoms with Crippen molar-refractivity contribution in [3.8, 4) is 0 Å². The van der Waals surface area contributed by atoms with Gasteiger partial charge in [0.25, 0.3) is 0 Å². The number of hydrogen-bond acceptors (Lipinski definition) is 3. The molecule has 10 heavy (non-hydrogen) atoms. The van der Waals surface area contributed by atoms with Gasteiger partial charge in [-0.3, -0.25) is 5.32 Å². The second-order valence-corrected chi connectivity index (χ2v) is 3.76. The minimum Gasteiger partial charge on any atom is -0.287 e. The Morgan fingerprint density at radius 2 is 2.00 bits per heavy atom. The Kier molecular flexibility index (Phi) is 1.99. The van der Waals surface area contributed by atoms with Crippen molar-refractivity contribution in [2.24, 2.45) is 0 Å². The molecule has 1 fully saturated rings. The number of nitrogens with zero attached hydrogens (tertiary/aromatic N) is 1. The van der Waals surface area contributed by atoms with Crippen molar-refractivity contribution >= 4 is 0 Å². The zero-order valence-corrected chi connectivity index (χ0v) is 7.23. The standard InChI is InChI=1S/C7H17N3/c1-6-8-5-9-10(6)7(2,3)4/h6,8-9H,5H2,1-4H3. The molecule has 0 aliphatic carbocycles. The molecule has 1 atom stereocenters. The Morgan fingerprint density at radius 3 is 2.20 bits per heavy atom. The van der Waals surface area contributed by atoms with E-state index in [-0.39, 0.29) is 5.54 Å². The van der Waals surface area contributed by atoms with Gasteiger partial charge in [-0.2, -0.15) is 0 Å². The first-order valence-electron chi connectivity index (χ1n) is 3.78. The van der Waals surface area contributed by atoms with E-state index in [1.54, 1.807) is 0 Å². The van der Waals surface area contributed by atoms with Gasteiger partial charge in [0.05, 0.1) is 12.8 Å². The molecule has 0 aromatic carbocycles. The summed E-state index contributed by atoms with van der Waals surface area (Å²) in [6.45, 7) is 9.64. The maximum atomic E-state index is 3.29. The van der Waals surface area contributed by atoms with E-state index in [2.05, 4.69) is 43.4 Å². The molecule has 0 aromatic heterocycles. The molecule has 0 radical (unpaired) electrons. The lowest BCUT2D eigenvalue weighted by Gasteiger charge is -2.33. The normalized spacial score (nSPS) is 29.4. The maximum absolute atomic E-state index is 3.29. The fraction of sp³-hybridized carbons (Fsp3) is 1.00. The quantitative estimate of drug-likeness (QED) is 0.517. The fourth-order valence-corrected chi connectivity index (χ4v) is 1.32. The molecule has 1 aliphatic rings. The average Bonchev–Trinajstić information content (AvgIpc) is 2.11. The van der Waals surface area contributed by atoms with Crippen LogP contribution in [-0.4, -0.2) is 23.4 Å². The Morgan fingerprint density at radius 1 is 1.40 bits per heavy atom. The molecule has 1 saturated heterocycles. The molecule has 1 rings (SSSR count). The summed E-state index contributed by atoms with van der Waals surface area (Å²) in [6, 6.07) is 0. The van der Waals surface area contributed by atoms with Gasteiger partial charge in [0.2, 0.25) is 0 Å². The van der Waals surface area contributed by atoms with E-state index in [1.165, 1.54) is 0 Å². The summed E-state index contributed by atoms with van der Waals surface area (Å²) >= 11 is 0. The Hall–Kier alpha value is -0.120. The third-order valence-electron chi connectivity index (χ3n) is 1.76. The first-order valence-corrected chi connectivity index (χ1v) is 3.78. The predicted molar refractivity (Wildman–Crippen MR) is 42.2 cm³/mol. The van der Waals surface area contributed by atoms with E-state index in [0.29, 0.717) is 6.17 Å². The minimum absolute atomic E-state index is 0.211. The Labute approximate surface area is 62.8 Å². The van der Waals surface area contributed by atoms with E-state index in [0.717, 1.165) is 6.67 Å². The molecule has 1 heterocycles. The van der Waals surface area contributed by atoms with Crippen molar-refractivity contribution in [1.82, 2.24) is 15.8 Å².